The Kier molecular flexibility index (Phi) is 5.14. The molecule has 0 spiro atoms. The molecule has 0 saturated heterocycles. The van der Waals surface area contributed by atoms with E-state index in [0.717, 1.165) is 44.0 Å². The molecular weight excluding hydrogens is 338 g/mol. The fourth-order valence-electron chi connectivity index (χ4n) is 3.41. The lowest BCUT2D eigenvalue weighted by Crippen LogP contribution is -2.32. The third-order valence-corrected chi connectivity index (χ3v) is 4.85. The van der Waals surface area contributed by atoms with Gasteiger partial charge in [0.25, 0.3) is 0 Å². The van der Waals surface area contributed by atoms with Crippen LogP contribution in [0.2, 0.25) is 0 Å². The number of aromatic nitrogens is 3. The Labute approximate surface area is 159 Å². The number of benzene rings is 2. The van der Waals surface area contributed by atoms with Gasteiger partial charge in [-0.3, -0.25) is 0 Å². The molecule has 0 radical (unpaired) electrons. The van der Waals surface area contributed by atoms with Crippen LogP contribution in [0.1, 0.15) is 16.7 Å². The quantitative estimate of drug-likeness (QED) is 0.728. The maximum absolute atomic E-state index is 5.40. The first kappa shape index (κ1) is 17.3. The van der Waals surface area contributed by atoms with Gasteiger partial charge in [0.05, 0.1) is 13.3 Å². The summed E-state index contributed by atoms with van der Waals surface area (Å²) in [6, 6.07) is 16.6. The maximum Gasteiger partial charge on any atom is 0.247 e. The van der Waals surface area contributed by atoms with Gasteiger partial charge in [0, 0.05) is 19.6 Å². The summed E-state index contributed by atoms with van der Waals surface area (Å²) in [4.78, 5) is 6.83. The molecule has 6 heteroatoms. The molecule has 1 aromatic heterocycles. The zero-order chi connectivity index (χ0) is 18.5. The van der Waals surface area contributed by atoms with E-state index in [1.165, 1.54) is 16.7 Å². The van der Waals surface area contributed by atoms with Gasteiger partial charge in [0.1, 0.15) is 5.75 Å². The van der Waals surface area contributed by atoms with Crippen LogP contribution in [0, 0.1) is 0 Å². The van der Waals surface area contributed by atoms with Crippen LogP contribution in [-0.2, 0) is 19.4 Å². The molecule has 1 aliphatic heterocycles. The highest BCUT2D eigenvalue weighted by molar-refractivity contribution is 5.43. The van der Waals surface area contributed by atoms with Crippen molar-refractivity contribution in [2.45, 2.75) is 19.4 Å². The first-order valence-electron chi connectivity index (χ1n) is 9.21. The van der Waals surface area contributed by atoms with Crippen molar-refractivity contribution in [1.29, 1.82) is 0 Å². The van der Waals surface area contributed by atoms with Gasteiger partial charge < -0.3 is 15.0 Å². The molecule has 4 rings (SSSR count). The number of hydrogen-bond acceptors (Lipinski definition) is 6. The molecule has 6 nitrogen and oxygen atoms in total. The number of para-hydroxylation sites is 1. The molecule has 3 aromatic rings. The zero-order valence-corrected chi connectivity index (χ0v) is 15.4. The lowest BCUT2D eigenvalue weighted by molar-refractivity contribution is 0.410. The topological polar surface area (TPSA) is 63.2 Å². The van der Waals surface area contributed by atoms with Gasteiger partial charge >= 0.3 is 0 Å². The third-order valence-electron chi connectivity index (χ3n) is 4.85. The van der Waals surface area contributed by atoms with Crippen molar-refractivity contribution in [3.05, 3.63) is 71.4 Å². The van der Waals surface area contributed by atoms with E-state index in [4.69, 9.17) is 4.74 Å². The van der Waals surface area contributed by atoms with Crippen LogP contribution in [0.3, 0.4) is 0 Å². The predicted molar refractivity (Wildman–Crippen MR) is 106 cm³/mol. The monoisotopic (exact) mass is 361 g/mol. The van der Waals surface area contributed by atoms with E-state index < -0.39 is 0 Å². The second-order valence-electron chi connectivity index (χ2n) is 6.57. The average Bonchev–Trinajstić information content (AvgIpc) is 2.74. The van der Waals surface area contributed by atoms with E-state index in [0.29, 0.717) is 5.95 Å². The van der Waals surface area contributed by atoms with E-state index in [1.54, 1.807) is 13.3 Å². The summed E-state index contributed by atoms with van der Waals surface area (Å²) < 4.78 is 5.40. The van der Waals surface area contributed by atoms with Crippen molar-refractivity contribution in [2.24, 2.45) is 0 Å². The second-order valence-corrected chi connectivity index (χ2v) is 6.57. The summed E-state index contributed by atoms with van der Waals surface area (Å²) in [5, 5.41) is 11.7. The fourth-order valence-corrected chi connectivity index (χ4v) is 3.41. The molecule has 2 heterocycles. The minimum Gasteiger partial charge on any atom is -0.496 e. The van der Waals surface area contributed by atoms with Crippen molar-refractivity contribution in [2.75, 3.05) is 30.4 Å². The van der Waals surface area contributed by atoms with Gasteiger partial charge in [-0.25, -0.2) is 0 Å². The standard InChI is InChI=1S/C21H23N5O/c1-27-19-9-5-4-7-17(19)10-12-22-20-14-23-25-21(24-20)26-13-11-16-6-2-3-8-18(16)15-26/h2-9,14H,10-13,15H2,1H3,(H,22,24,25). The Morgan fingerprint density at radius 2 is 1.89 bits per heavy atom. The largest absolute Gasteiger partial charge is 0.496 e. The van der Waals surface area contributed by atoms with E-state index >= 15 is 0 Å². The van der Waals surface area contributed by atoms with Crippen molar-refractivity contribution in [1.82, 2.24) is 15.2 Å². The van der Waals surface area contributed by atoms with E-state index in [2.05, 4.69) is 55.7 Å². The lowest BCUT2D eigenvalue weighted by Gasteiger charge is -2.28. The number of anilines is 2. The molecular formula is C21H23N5O. The Morgan fingerprint density at radius 1 is 1.07 bits per heavy atom. The predicted octanol–water partition coefficient (Wildman–Crippen LogP) is 3.10. The molecule has 27 heavy (non-hydrogen) atoms. The molecule has 0 bridgehead atoms. The van der Waals surface area contributed by atoms with Gasteiger partial charge in [-0.2, -0.15) is 10.1 Å². The Balaban J connectivity index is 1.40. The van der Waals surface area contributed by atoms with Crippen molar-refractivity contribution < 1.29 is 4.74 Å². The molecule has 138 valence electrons. The highest BCUT2D eigenvalue weighted by Gasteiger charge is 2.18. The first-order chi connectivity index (χ1) is 13.3. The zero-order valence-electron chi connectivity index (χ0n) is 15.4. The SMILES string of the molecule is COc1ccccc1CCNc1cnnc(N2CCc3ccccc3C2)n1. The molecule has 2 aromatic carbocycles. The summed E-state index contributed by atoms with van der Waals surface area (Å²) >= 11 is 0. The van der Waals surface area contributed by atoms with E-state index in [1.807, 2.05) is 18.2 Å². The Bertz CT molecular complexity index is 914. The van der Waals surface area contributed by atoms with Gasteiger partial charge in [0.15, 0.2) is 5.82 Å². The van der Waals surface area contributed by atoms with Crippen LogP contribution in [0.25, 0.3) is 0 Å². The van der Waals surface area contributed by atoms with Gasteiger partial charge in [0.2, 0.25) is 5.95 Å². The summed E-state index contributed by atoms with van der Waals surface area (Å²) in [5.41, 5.74) is 3.91. The molecule has 0 aliphatic carbocycles. The van der Waals surface area contributed by atoms with Crippen molar-refractivity contribution in [3.8, 4) is 5.75 Å². The van der Waals surface area contributed by atoms with Crippen molar-refractivity contribution in [3.63, 3.8) is 0 Å². The van der Waals surface area contributed by atoms with E-state index in [9.17, 15) is 0 Å². The number of ether oxygens (including phenoxy) is 1. The molecule has 0 saturated carbocycles. The summed E-state index contributed by atoms with van der Waals surface area (Å²) in [5.74, 6) is 2.33. The Hall–Kier alpha value is -3.15. The van der Waals surface area contributed by atoms with Crippen molar-refractivity contribution >= 4 is 11.8 Å². The lowest BCUT2D eigenvalue weighted by atomic mass is 10.0. The molecule has 1 N–H and O–H groups in total. The highest BCUT2D eigenvalue weighted by atomic mass is 16.5. The summed E-state index contributed by atoms with van der Waals surface area (Å²) in [7, 11) is 1.70. The van der Waals surface area contributed by atoms with Gasteiger partial charge in [-0.1, -0.05) is 42.5 Å². The Morgan fingerprint density at radius 3 is 2.78 bits per heavy atom. The normalized spacial score (nSPS) is 13.1. The van der Waals surface area contributed by atoms with Gasteiger partial charge in [-0.15, -0.1) is 5.10 Å². The van der Waals surface area contributed by atoms with Gasteiger partial charge in [-0.05, 0) is 35.6 Å². The van der Waals surface area contributed by atoms with Crippen LogP contribution in [0.4, 0.5) is 11.8 Å². The number of nitrogens with one attached hydrogen (secondary N) is 1. The van der Waals surface area contributed by atoms with Crippen LogP contribution in [-0.4, -0.2) is 35.4 Å². The minimum atomic E-state index is 0.673. The second kappa shape index (κ2) is 8.03. The van der Waals surface area contributed by atoms with Crippen LogP contribution >= 0.6 is 0 Å². The number of fused-ring (bicyclic) bond motifs is 1. The molecule has 0 atom stereocenters. The van der Waals surface area contributed by atoms with Crippen LogP contribution in [0.5, 0.6) is 5.75 Å². The van der Waals surface area contributed by atoms with E-state index in [-0.39, 0.29) is 0 Å². The summed E-state index contributed by atoms with van der Waals surface area (Å²) in [6.45, 7) is 2.48. The smallest absolute Gasteiger partial charge is 0.247 e. The van der Waals surface area contributed by atoms with Crippen LogP contribution in [0.15, 0.2) is 54.7 Å². The number of hydrogen-bond donors (Lipinski definition) is 1. The third kappa shape index (κ3) is 4.00. The molecule has 1 aliphatic rings. The van der Waals surface area contributed by atoms with Crippen LogP contribution < -0.4 is 15.0 Å². The highest BCUT2D eigenvalue weighted by Crippen LogP contribution is 2.22. The average molecular weight is 361 g/mol. The number of rotatable bonds is 6. The fraction of sp³-hybridized carbons (Fsp3) is 0.286. The first-order valence-corrected chi connectivity index (χ1v) is 9.21. The summed E-state index contributed by atoms with van der Waals surface area (Å²) in [6.07, 6.45) is 3.52. The number of nitrogens with zero attached hydrogens (tertiary/aromatic N) is 4. The minimum absolute atomic E-state index is 0.673. The molecule has 0 unspecified atom stereocenters. The maximum atomic E-state index is 5.40. The number of methoxy groups -OCH3 is 1. The molecule has 0 amide bonds. The molecule has 0 fully saturated rings.